The molecular weight excluding hydrogens is 288 g/mol. The second-order valence-electron chi connectivity index (χ2n) is 4.49. The summed E-state index contributed by atoms with van der Waals surface area (Å²) in [6, 6.07) is 8.67. The first-order valence-electron chi connectivity index (χ1n) is 6.21. The van der Waals surface area contributed by atoms with E-state index in [0.29, 0.717) is 5.56 Å². The summed E-state index contributed by atoms with van der Waals surface area (Å²) in [6.07, 6.45) is 0. The number of rotatable bonds is 4. The summed E-state index contributed by atoms with van der Waals surface area (Å²) >= 11 is 0. The van der Waals surface area contributed by atoms with Gasteiger partial charge in [-0.05, 0) is 36.8 Å². The average molecular weight is 300 g/mol. The molecule has 0 bridgehead atoms. The van der Waals surface area contributed by atoms with Gasteiger partial charge in [-0.25, -0.2) is 9.59 Å². The number of nitrogens with zero attached hydrogens (tertiary/aromatic N) is 2. The Bertz CT molecular complexity index is 783. The van der Waals surface area contributed by atoms with Gasteiger partial charge in [0.2, 0.25) is 0 Å². The SMILES string of the molecule is Cc1cc(N=Nc2ccccc2C(=O)O)cc(C(=O)O)c1O. The molecule has 0 heterocycles. The monoisotopic (exact) mass is 300 g/mol. The Morgan fingerprint density at radius 1 is 0.955 bits per heavy atom. The van der Waals surface area contributed by atoms with Crippen LogP contribution in [-0.4, -0.2) is 27.3 Å². The lowest BCUT2D eigenvalue weighted by atomic mass is 10.1. The topological polar surface area (TPSA) is 120 Å². The third-order valence-electron chi connectivity index (χ3n) is 2.92. The number of benzene rings is 2. The number of carbonyl (C=O) groups is 2. The molecule has 2 aromatic carbocycles. The Morgan fingerprint density at radius 2 is 1.59 bits per heavy atom. The molecule has 0 radical (unpaired) electrons. The molecule has 3 N–H and O–H groups in total. The maximum atomic E-state index is 11.1. The Morgan fingerprint density at radius 3 is 2.23 bits per heavy atom. The second kappa shape index (κ2) is 6.04. The zero-order chi connectivity index (χ0) is 16.3. The molecule has 0 saturated carbocycles. The van der Waals surface area contributed by atoms with E-state index in [4.69, 9.17) is 10.2 Å². The molecule has 22 heavy (non-hydrogen) atoms. The van der Waals surface area contributed by atoms with Gasteiger partial charge in [0.1, 0.15) is 17.0 Å². The van der Waals surface area contributed by atoms with Crippen LogP contribution in [-0.2, 0) is 0 Å². The Labute approximate surface area is 125 Å². The number of azo groups is 1. The van der Waals surface area contributed by atoms with Crippen LogP contribution in [0.2, 0.25) is 0 Å². The van der Waals surface area contributed by atoms with E-state index in [2.05, 4.69) is 10.2 Å². The van der Waals surface area contributed by atoms with Crippen molar-refractivity contribution in [1.82, 2.24) is 0 Å². The lowest BCUT2D eigenvalue weighted by molar-refractivity contribution is 0.0684. The van der Waals surface area contributed by atoms with Crippen LogP contribution in [0.15, 0.2) is 46.6 Å². The third kappa shape index (κ3) is 3.09. The van der Waals surface area contributed by atoms with Gasteiger partial charge in [0.05, 0.1) is 11.3 Å². The smallest absolute Gasteiger partial charge is 0.339 e. The normalized spacial score (nSPS) is 10.8. The van der Waals surface area contributed by atoms with Gasteiger partial charge in [0.25, 0.3) is 0 Å². The molecule has 0 amide bonds. The second-order valence-corrected chi connectivity index (χ2v) is 4.49. The van der Waals surface area contributed by atoms with Crippen molar-refractivity contribution in [1.29, 1.82) is 0 Å². The number of carboxylic acid groups (broad SMARTS) is 2. The molecule has 2 aromatic rings. The minimum absolute atomic E-state index is 0.0137. The molecule has 0 fully saturated rings. The molecule has 0 aliphatic heterocycles. The van der Waals surface area contributed by atoms with Crippen molar-refractivity contribution in [3.63, 3.8) is 0 Å². The highest BCUT2D eigenvalue weighted by atomic mass is 16.4. The summed E-state index contributed by atoms with van der Waals surface area (Å²) in [4.78, 5) is 22.1. The van der Waals surface area contributed by atoms with Crippen molar-refractivity contribution in [2.45, 2.75) is 6.92 Å². The Hall–Kier alpha value is -3.22. The predicted octanol–water partition coefficient (Wildman–Crippen LogP) is 3.51. The Balaban J connectivity index is 2.43. The van der Waals surface area contributed by atoms with Gasteiger partial charge in [-0.2, -0.15) is 5.11 Å². The van der Waals surface area contributed by atoms with E-state index in [1.54, 1.807) is 12.1 Å². The molecule has 7 nitrogen and oxygen atoms in total. The van der Waals surface area contributed by atoms with E-state index in [9.17, 15) is 14.7 Å². The summed E-state index contributed by atoms with van der Waals surface area (Å²) in [7, 11) is 0. The van der Waals surface area contributed by atoms with Crippen molar-refractivity contribution >= 4 is 23.3 Å². The molecule has 0 saturated heterocycles. The van der Waals surface area contributed by atoms with Gasteiger partial charge < -0.3 is 15.3 Å². The van der Waals surface area contributed by atoms with Gasteiger partial charge in [0, 0.05) is 0 Å². The van der Waals surface area contributed by atoms with Gasteiger partial charge in [0.15, 0.2) is 0 Å². The molecule has 0 aliphatic carbocycles. The molecule has 0 atom stereocenters. The van der Waals surface area contributed by atoms with Crippen LogP contribution < -0.4 is 0 Å². The van der Waals surface area contributed by atoms with Crippen LogP contribution in [0.25, 0.3) is 0 Å². The van der Waals surface area contributed by atoms with Crippen LogP contribution >= 0.6 is 0 Å². The minimum Gasteiger partial charge on any atom is -0.507 e. The lowest BCUT2D eigenvalue weighted by Crippen LogP contribution is -1.97. The van der Waals surface area contributed by atoms with E-state index in [1.807, 2.05) is 0 Å². The number of hydrogen-bond donors (Lipinski definition) is 3. The number of aromatic carboxylic acids is 2. The van der Waals surface area contributed by atoms with Crippen molar-refractivity contribution in [2.75, 3.05) is 0 Å². The maximum absolute atomic E-state index is 11.1. The first-order chi connectivity index (χ1) is 10.4. The quantitative estimate of drug-likeness (QED) is 0.746. The van der Waals surface area contributed by atoms with Crippen LogP contribution in [0.5, 0.6) is 5.75 Å². The van der Waals surface area contributed by atoms with Crippen molar-refractivity contribution in [3.05, 3.63) is 53.1 Å². The van der Waals surface area contributed by atoms with Crippen LogP contribution in [0.3, 0.4) is 0 Å². The highest BCUT2D eigenvalue weighted by molar-refractivity contribution is 5.93. The van der Waals surface area contributed by atoms with Crippen molar-refractivity contribution in [2.24, 2.45) is 10.2 Å². The number of carboxylic acids is 2. The van der Waals surface area contributed by atoms with E-state index < -0.39 is 11.9 Å². The first-order valence-corrected chi connectivity index (χ1v) is 6.21. The number of hydrogen-bond acceptors (Lipinski definition) is 5. The largest absolute Gasteiger partial charge is 0.507 e. The molecule has 2 rings (SSSR count). The van der Waals surface area contributed by atoms with Gasteiger partial charge >= 0.3 is 11.9 Å². The standard InChI is InChI=1S/C15H12N2O5/c1-8-6-9(7-11(13(8)18)15(21)22)16-17-12-5-3-2-4-10(12)14(19)20/h2-7,18H,1H3,(H,19,20)(H,21,22). The van der Waals surface area contributed by atoms with E-state index >= 15 is 0 Å². The zero-order valence-electron chi connectivity index (χ0n) is 11.5. The molecular formula is C15H12N2O5. The molecule has 112 valence electrons. The molecule has 0 aliphatic rings. The number of aryl methyl sites for hydroxylation is 1. The summed E-state index contributed by atoms with van der Waals surface area (Å²) in [5.41, 5.74) is 0.381. The number of aromatic hydroxyl groups is 1. The van der Waals surface area contributed by atoms with Crippen molar-refractivity contribution < 1.29 is 24.9 Å². The van der Waals surface area contributed by atoms with Gasteiger partial charge in [-0.3, -0.25) is 0 Å². The summed E-state index contributed by atoms with van der Waals surface area (Å²) < 4.78 is 0. The van der Waals surface area contributed by atoms with Crippen molar-refractivity contribution in [3.8, 4) is 5.75 Å². The van der Waals surface area contributed by atoms with E-state index in [-0.39, 0.29) is 28.3 Å². The fraction of sp³-hybridized carbons (Fsp3) is 0.0667. The van der Waals surface area contributed by atoms with Crippen LogP contribution in [0, 0.1) is 6.92 Å². The first kappa shape index (κ1) is 15.2. The molecule has 0 aromatic heterocycles. The molecule has 7 heteroatoms. The van der Waals surface area contributed by atoms with Crippen LogP contribution in [0.1, 0.15) is 26.3 Å². The highest BCUT2D eigenvalue weighted by Crippen LogP contribution is 2.29. The van der Waals surface area contributed by atoms with E-state index in [0.717, 1.165) is 6.07 Å². The fourth-order valence-corrected chi connectivity index (χ4v) is 1.83. The maximum Gasteiger partial charge on any atom is 0.339 e. The Kier molecular flexibility index (Phi) is 4.17. The third-order valence-corrected chi connectivity index (χ3v) is 2.92. The summed E-state index contributed by atoms with van der Waals surface area (Å²) in [6.45, 7) is 1.53. The predicted molar refractivity (Wildman–Crippen MR) is 77.4 cm³/mol. The average Bonchev–Trinajstić information content (AvgIpc) is 2.48. The van der Waals surface area contributed by atoms with E-state index in [1.165, 1.54) is 25.1 Å². The molecule has 0 spiro atoms. The number of phenols is 1. The summed E-state index contributed by atoms with van der Waals surface area (Å²) in [5, 5.41) is 35.4. The highest BCUT2D eigenvalue weighted by Gasteiger charge is 2.13. The van der Waals surface area contributed by atoms with Crippen LogP contribution in [0.4, 0.5) is 11.4 Å². The minimum atomic E-state index is -1.29. The zero-order valence-corrected chi connectivity index (χ0v) is 11.5. The fourth-order valence-electron chi connectivity index (χ4n) is 1.83. The molecule has 0 unspecified atom stereocenters. The van der Waals surface area contributed by atoms with Gasteiger partial charge in [-0.1, -0.05) is 12.1 Å². The summed E-state index contributed by atoms with van der Waals surface area (Å²) in [5.74, 6) is -2.76. The lowest BCUT2D eigenvalue weighted by Gasteiger charge is -2.04. The van der Waals surface area contributed by atoms with Gasteiger partial charge in [-0.15, -0.1) is 5.11 Å².